The van der Waals surface area contributed by atoms with E-state index < -0.39 is 11.7 Å². The Kier molecular flexibility index (Phi) is 4.84. The fourth-order valence-corrected chi connectivity index (χ4v) is 2.62. The van der Waals surface area contributed by atoms with Gasteiger partial charge < -0.3 is 14.6 Å². The molecule has 5 heteroatoms. The lowest BCUT2D eigenvalue weighted by molar-refractivity contribution is -0.125. The van der Waals surface area contributed by atoms with Gasteiger partial charge in [-0.25, -0.2) is 0 Å². The summed E-state index contributed by atoms with van der Waals surface area (Å²) in [4.78, 5) is 29.3. The topological polar surface area (TPSA) is 62.4 Å². The molecule has 0 radical (unpaired) electrons. The van der Waals surface area contributed by atoms with Gasteiger partial charge in [0.05, 0.1) is 10.9 Å². The Morgan fingerprint density at radius 1 is 1.08 bits per heavy atom. The molecule has 128 valence electrons. The molecule has 0 saturated carbocycles. The smallest absolute Gasteiger partial charge is 0.294 e. The predicted molar refractivity (Wildman–Crippen MR) is 96.7 cm³/mol. The molecule has 25 heavy (non-hydrogen) atoms. The standard InChI is InChI=1S/C20H20N2O3/c1-3-22(2)20(24)19(23)15-12-21-16-10-7-11-17(18(15)16)25-13-14-8-5-4-6-9-14/h4-12,21H,3,13H2,1-2H3. The summed E-state index contributed by atoms with van der Waals surface area (Å²) in [5.41, 5.74) is 2.13. The number of likely N-dealkylation sites (N-methyl/N-ethyl adjacent to an activating group) is 1. The van der Waals surface area contributed by atoms with Crippen LogP contribution < -0.4 is 4.74 Å². The lowest BCUT2D eigenvalue weighted by atomic mass is 10.1. The minimum atomic E-state index is -0.536. The molecule has 3 rings (SSSR count). The maximum Gasteiger partial charge on any atom is 0.294 e. The zero-order valence-corrected chi connectivity index (χ0v) is 14.3. The number of fused-ring (bicyclic) bond motifs is 1. The van der Waals surface area contributed by atoms with Crippen LogP contribution in [0.3, 0.4) is 0 Å². The summed E-state index contributed by atoms with van der Waals surface area (Å²) in [7, 11) is 1.61. The molecule has 5 nitrogen and oxygen atoms in total. The molecule has 0 aliphatic heterocycles. The van der Waals surface area contributed by atoms with E-state index in [1.54, 1.807) is 13.2 Å². The second-order valence-electron chi connectivity index (χ2n) is 5.80. The zero-order valence-electron chi connectivity index (χ0n) is 14.3. The number of aromatic nitrogens is 1. The van der Waals surface area contributed by atoms with Gasteiger partial charge in [-0.1, -0.05) is 36.4 Å². The van der Waals surface area contributed by atoms with Crippen LogP contribution in [-0.4, -0.2) is 35.2 Å². The lowest BCUT2D eigenvalue weighted by Crippen LogP contribution is -2.33. The highest BCUT2D eigenvalue weighted by molar-refractivity contribution is 6.45. The summed E-state index contributed by atoms with van der Waals surface area (Å²) in [6, 6.07) is 15.3. The predicted octanol–water partition coefficient (Wildman–Crippen LogP) is 3.41. The molecule has 0 aliphatic rings. The normalized spacial score (nSPS) is 10.6. The summed E-state index contributed by atoms with van der Waals surface area (Å²) in [6.45, 7) is 2.70. The Labute approximate surface area is 146 Å². The summed E-state index contributed by atoms with van der Waals surface area (Å²) in [5, 5.41) is 0.640. The van der Waals surface area contributed by atoms with Crippen LogP contribution in [0.4, 0.5) is 0 Å². The highest BCUT2D eigenvalue weighted by atomic mass is 16.5. The quantitative estimate of drug-likeness (QED) is 0.554. The number of nitrogens with zero attached hydrogens (tertiary/aromatic N) is 1. The molecule has 1 amide bonds. The molecule has 0 saturated heterocycles. The third-order valence-electron chi connectivity index (χ3n) is 4.16. The van der Waals surface area contributed by atoms with Gasteiger partial charge in [0, 0.05) is 25.3 Å². The third kappa shape index (κ3) is 3.40. The van der Waals surface area contributed by atoms with Crippen LogP contribution in [0.15, 0.2) is 54.7 Å². The first kappa shape index (κ1) is 16.8. The average molecular weight is 336 g/mol. The molecule has 1 heterocycles. The Hall–Kier alpha value is -3.08. The van der Waals surface area contributed by atoms with E-state index in [9.17, 15) is 9.59 Å². The van der Waals surface area contributed by atoms with Crippen LogP contribution in [0.25, 0.3) is 10.9 Å². The fourth-order valence-electron chi connectivity index (χ4n) is 2.62. The van der Waals surface area contributed by atoms with E-state index in [0.29, 0.717) is 29.9 Å². The van der Waals surface area contributed by atoms with Crippen LogP contribution in [0.5, 0.6) is 5.75 Å². The first-order valence-corrected chi connectivity index (χ1v) is 8.18. The van der Waals surface area contributed by atoms with Crippen molar-refractivity contribution in [2.75, 3.05) is 13.6 Å². The van der Waals surface area contributed by atoms with Crippen LogP contribution in [0.2, 0.25) is 0 Å². The van der Waals surface area contributed by atoms with Crippen molar-refractivity contribution in [1.29, 1.82) is 0 Å². The molecule has 2 aromatic carbocycles. The first-order chi connectivity index (χ1) is 12.1. The second kappa shape index (κ2) is 7.21. The number of benzene rings is 2. The van der Waals surface area contributed by atoms with Crippen molar-refractivity contribution in [2.24, 2.45) is 0 Å². The number of carbonyl (C=O) groups is 2. The highest BCUT2D eigenvalue weighted by Gasteiger charge is 2.24. The monoisotopic (exact) mass is 336 g/mol. The molecular weight excluding hydrogens is 316 g/mol. The van der Waals surface area contributed by atoms with Gasteiger partial charge in [-0.2, -0.15) is 0 Å². The zero-order chi connectivity index (χ0) is 17.8. The van der Waals surface area contributed by atoms with Gasteiger partial charge in [0.25, 0.3) is 11.7 Å². The van der Waals surface area contributed by atoms with Gasteiger partial charge in [0.1, 0.15) is 12.4 Å². The number of carbonyl (C=O) groups excluding carboxylic acids is 2. The van der Waals surface area contributed by atoms with Crippen molar-refractivity contribution < 1.29 is 14.3 Å². The molecular formula is C20H20N2O3. The Balaban J connectivity index is 1.93. The lowest BCUT2D eigenvalue weighted by Gasteiger charge is -2.13. The van der Waals surface area contributed by atoms with Crippen LogP contribution in [-0.2, 0) is 11.4 Å². The van der Waals surface area contributed by atoms with Crippen LogP contribution in [0, 0.1) is 0 Å². The number of amides is 1. The summed E-state index contributed by atoms with van der Waals surface area (Å²) >= 11 is 0. The van der Waals surface area contributed by atoms with Gasteiger partial charge in [-0.05, 0) is 24.6 Å². The first-order valence-electron chi connectivity index (χ1n) is 8.18. The van der Waals surface area contributed by atoms with Gasteiger partial charge in [-0.3, -0.25) is 9.59 Å². The van der Waals surface area contributed by atoms with E-state index in [4.69, 9.17) is 4.74 Å². The van der Waals surface area contributed by atoms with Gasteiger partial charge in [-0.15, -0.1) is 0 Å². The van der Waals surface area contributed by atoms with Crippen LogP contribution >= 0.6 is 0 Å². The third-order valence-corrected chi connectivity index (χ3v) is 4.16. The van der Waals surface area contributed by atoms with Crippen molar-refractivity contribution in [3.63, 3.8) is 0 Å². The minimum absolute atomic E-state index is 0.337. The van der Waals surface area contributed by atoms with Crippen molar-refractivity contribution in [3.8, 4) is 5.75 Å². The van der Waals surface area contributed by atoms with Crippen molar-refractivity contribution in [1.82, 2.24) is 9.88 Å². The van der Waals surface area contributed by atoms with Crippen LogP contribution in [0.1, 0.15) is 22.8 Å². The van der Waals surface area contributed by atoms with Crippen molar-refractivity contribution >= 4 is 22.6 Å². The SMILES string of the molecule is CCN(C)C(=O)C(=O)c1c[nH]c2cccc(OCc3ccccc3)c12. The molecule has 0 atom stereocenters. The molecule has 0 fully saturated rings. The number of rotatable bonds is 6. The number of hydrogen-bond acceptors (Lipinski definition) is 3. The number of hydrogen-bond donors (Lipinski definition) is 1. The summed E-state index contributed by atoms with van der Waals surface area (Å²) < 4.78 is 5.92. The van der Waals surface area contributed by atoms with E-state index >= 15 is 0 Å². The molecule has 3 aromatic rings. The summed E-state index contributed by atoms with van der Waals surface area (Å²) in [5.74, 6) is -0.481. The number of Topliss-reactive ketones (excluding diaryl/α,β-unsaturated/α-hetero) is 1. The Morgan fingerprint density at radius 2 is 1.84 bits per heavy atom. The van der Waals surface area contributed by atoms with E-state index in [1.807, 2.05) is 55.5 Å². The molecule has 0 spiro atoms. The molecule has 1 aromatic heterocycles. The average Bonchev–Trinajstić information content (AvgIpc) is 3.10. The van der Waals surface area contributed by atoms with E-state index in [-0.39, 0.29) is 0 Å². The molecule has 0 unspecified atom stereocenters. The second-order valence-corrected chi connectivity index (χ2v) is 5.80. The number of nitrogens with one attached hydrogen (secondary N) is 1. The molecule has 0 bridgehead atoms. The number of ketones is 1. The maximum atomic E-state index is 12.6. The van der Waals surface area contributed by atoms with Gasteiger partial charge >= 0.3 is 0 Å². The Morgan fingerprint density at radius 3 is 2.56 bits per heavy atom. The van der Waals surface area contributed by atoms with Crippen molar-refractivity contribution in [2.45, 2.75) is 13.5 Å². The number of H-pyrrole nitrogens is 1. The number of aromatic amines is 1. The van der Waals surface area contributed by atoms with E-state index in [1.165, 1.54) is 4.90 Å². The van der Waals surface area contributed by atoms with Gasteiger partial charge in [0.2, 0.25) is 0 Å². The molecule has 0 aliphatic carbocycles. The van der Waals surface area contributed by atoms with E-state index in [2.05, 4.69) is 4.98 Å². The number of ether oxygens (including phenoxy) is 1. The van der Waals surface area contributed by atoms with E-state index in [0.717, 1.165) is 11.1 Å². The molecule has 1 N–H and O–H groups in total. The fraction of sp³-hybridized carbons (Fsp3) is 0.200. The van der Waals surface area contributed by atoms with Gasteiger partial charge in [0.15, 0.2) is 0 Å². The largest absolute Gasteiger partial charge is 0.488 e. The van der Waals surface area contributed by atoms with Crippen molar-refractivity contribution in [3.05, 3.63) is 65.9 Å². The maximum absolute atomic E-state index is 12.6. The highest BCUT2D eigenvalue weighted by Crippen LogP contribution is 2.30. The Bertz CT molecular complexity index is 900. The minimum Gasteiger partial charge on any atom is -0.488 e. The summed E-state index contributed by atoms with van der Waals surface area (Å²) in [6.07, 6.45) is 1.57.